The molecule has 1 rings (SSSR count). The van der Waals surface area contributed by atoms with Gasteiger partial charge in [0, 0.05) is 20.2 Å². The van der Waals surface area contributed by atoms with Crippen molar-refractivity contribution < 1.29 is 4.74 Å². The minimum absolute atomic E-state index is 0.475. The van der Waals surface area contributed by atoms with Gasteiger partial charge in [0.15, 0.2) is 5.13 Å². The van der Waals surface area contributed by atoms with E-state index in [-0.39, 0.29) is 0 Å². The van der Waals surface area contributed by atoms with E-state index in [0.29, 0.717) is 24.6 Å². The summed E-state index contributed by atoms with van der Waals surface area (Å²) in [7, 11) is 1.65. The zero-order chi connectivity index (χ0) is 11.1. The van der Waals surface area contributed by atoms with Crippen LogP contribution in [0.2, 0.25) is 0 Å². The molecule has 1 heterocycles. The Hall–Kier alpha value is -1.32. The number of anilines is 2. The maximum Gasteiger partial charge on any atom is 0.187 e. The highest BCUT2D eigenvalue weighted by Gasteiger charge is 2.09. The minimum atomic E-state index is 0.475. The molecule has 5 nitrogen and oxygen atoms in total. The lowest BCUT2D eigenvalue weighted by Gasteiger charge is -2.19. The predicted molar refractivity (Wildman–Crippen MR) is 60.8 cm³/mol. The molecule has 0 radical (unpaired) electrons. The summed E-state index contributed by atoms with van der Waals surface area (Å²) in [4.78, 5) is 6.18. The molecule has 0 amide bonds. The van der Waals surface area contributed by atoms with E-state index in [9.17, 15) is 0 Å². The second kappa shape index (κ2) is 6.22. The maximum absolute atomic E-state index is 8.54. The fourth-order valence-corrected chi connectivity index (χ4v) is 1.85. The Morgan fingerprint density at radius 1 is 1.67 bits per heavy atom. The molecular weight excluding hydrogens is 212 g/mol. The lowest BCUT2D eigenvalue weighted by Crippen LogP contribution is -2.27. The fourth-order valence-electron chi connectivity index (χ4n) is 1.11. The van der Waals surface area contributed by atoms with E-state index in [1.807, 2.05) is 4.90 Å². The van der Waals surface area contributed by atoms with Crippen molar-refractivity contribution in [2.75, 3.05) is 37.4 Å². The Morgan fingerprint density at radius 2 is 2.47 bits per heavy atom. The van der Waals surface area contributed by atoms with Crippen LogP contribution in [0.15, 0.2) is 6.20 Å². The molecule has 1 aromatic rings. The van der Waals surface area contributed by atoms with Crippen LogP contribution >= 0.6 is 11.3 Å². The molecule has 0 saturated carbocycles. The molecule has 1 aromatic heterocycles. The van der Waals surface area contributed by atoms with Gasteiger partial charge in [0.05, 0.1) is 25.3 Å². The average Bonchev–Trinajstić information content (AvgIpc) is 2.65. The number of methoxy groups -OCH3 is 1. The van der Waals surface area contributed by atoms with E-state index in [1.165, 1.54) is 11.3 Å². The van der Waals surface area contributed by atoms with Gasteiger partial charge in [-0.1, -0.05) is 11.3 Å². The normalized spacial score (nSPS) is 9.87. The van der Waals surface area contributed by atoms with E-state index in [2.05, 4.69) is 11.1 Å². The summed E-state index contributed by atoms with van der Waals surface area (Å²) < 4.78 is 5.00. The van der Waals surface area contributed by atoms with Crippen LogP contribution in [0.25, 0.3) is 0 Å². The van der Waals surface area contributed by atoms with E-state index in [1.54, 1.807) is 13.3 Å². The Kier molecular flexibility index (Phi) is 4.87. The quantitative estimate of drug-likeness (QED) is 0.786. The van der Waals surface area contributed by atoms with Crippen LogP contribution in [0.5, 0.6) is 0 Å². The van der Waals surface area contributed by atoms with Crippen molar-refractivity contribution in [2.45, 2.75) is 6.42 Å². The molecule has 0 saturated heterocycles. The van der Waals surface area contributed by atoms with Gasteiger partial charge in [-0.2, -0.15) is 5.26 Å². The Bertz CT molecular complexity index is 333. The van der Waals surface area contributed by atoms with Crippen molar-refractivity contribution in [3.05, 3.63) is 6.20 Å². The van der Waals surface area contributed by atoms with Crippen molar-refractivity contribution >= 4 is 21.5 Å². The van der Waals surface area contributed by atoms with E-state index in [4.69, 9.17) is 15.7 Å². The van der Waals surface area contributed by atoms with Crippen LogP contribution in [-0.4, -0.2) is 31.8 Å². The summed E-state index contributed by atoms with van der Waals surface area (Å²) in [5.41, 5.74) is 5.61. The number of hydrogen-bond donors (Lipinski definition) is 1. The highest BCUT2D eigenvalue weighted by atomic mass is 32.1. The van der Waals surface area contributed by atoms with Crippen LogP contribution in [0.3, 0.4) is 0 Å². The molecule has 0 aromatic carbocycles. The predicted octanol–water partition coefficient (Wildman–Crippen LogP) is 1.09. The van der Waals surface area contributed by atoms with Crippen LogP contribution in [-0.2, 0) is 4.74 Å². The summed E-state index contributed by atoms with van der Waals surface area (Å²) in [6, 6.07) is 2.11. The van der Waals surface area contributed by atoms with Gasteiger partial charge in [-0.3, -0.25) is 0 Å². The van der Waals surface area contributed by atoms with E-state index < -0.39 is 0 Å². The van der Waals surface area contributed by atoms with E-state index >= 15 is 0 Å². The molecule has 0 atom stereocenters. The monoisotopic (exact) mass is 226 g/mol. The first-order valence-corrected chi connectivity index (χ1v) is 5.41. The topological polar surface area (TPSA) is 75.2 Å². The molecule has 0 spiro atoms. The maximum atomic E-state index is 8.54. The first kappa shape index (κ1) is 11.8. The van der Waals surface area contributed by atoms with Gasteiger partial charge < -0.3 is 15.4 Å². The average molecular weight is 226 g/mol. The molecule has 2 N–H and O–H groups in total. The largest absolute Gasteiger partial charge is 0.389 e. The molecule has 0 bridgehead atoms. The number of nitrogen functional groups attached to an aromatic ring is 1. The van der Waals surface area contributed by atoms with Gasteiger partial charge in [0.25, 0.3) is 0 Å². The standard InChI is InChI=1S/C9H14N4OS/c1-14-6-5-13(4-2-3-10)9-12-7-8(11)15-9/h7H,2,4-6,11H2,1H3. The fraction of sp³-hybridized carbons (Fsp3) is 0.556. The summed E-state index contributed by atoms with van der Waals surface area (Å²) in [5.74, 6) is 0. The zero-order valence-electron chi connectivity index (χ0n) is 8.64. The summed E-state index contributed by atoms with van der Waals surface area (Å²) in [6.45, 7) is 2.00. The van der Waals surface area contributed by atoms with Crippen molar-refractivity contribution in [1.82, 2.24) is 4.98 Å². The molecule has 82 valence electrons. The number of nitrogens with zero attached hydrogens (tertiary/aromatic N) is 3. The van der Waals surface area contributed by atoms with Gasteiger partial charge in [0.2, 0.25) is 0 Å². The minimum Gasteiger partial charge on any atom is -0.389 e. The lowest BCUT2D eigenvalue weighted by atomic mass is 10.4. The van der Waals surface area contributed by atoms with Gasteiger partial charge >= 0.3 is 0 Å². The van der Waals surface area contributed by atoms with Crippen molar-refractivity contribution in [3.8, 4) is 6.07 Å². The Morgan fingerprint density at radius 3 is 3.00 bits per heavy atom. The number of rotatable bonds is 6. The van der Waals surface area contributed by atoms with Crippen molar-refractivity contribution in [1.29, 1.82) is 5.26 Å². The molecule has 6 heteroatoms. The zero-order valence-corrected chi connectivity index (χ0v) is 9.46. The third kappa shape index (κ3) is 3.73. The molecule has 0 aliphatic rings. The second-order valence-electron chi connectivity index (χ2n) is 2.93. The Balaban J connectivity index is 2.59. The number of nitrogens with two attached hydrogens (primary N) is 1. The number of thiazole rings is 1. The van der Waals surface area contributed by atoms with Gasteiger partial charge in [-0.15, -0.1) is 0 Å². The highest BCUT2D eigenvalue weighted by Crippen LogP contribution is 2.23. The molecule has 0 aliphatic carbocycles. The van der Waals surface area contributed by atoms with Gasteiger partial charge in [-0.05, 0) is 0 Å². The SMILES string of the molecule is COCCN(CCC#N)c1ncc(N)s1. The number of hydrogen-bond acceptors (Lipinski definition) is 6. The Labute approximate surface area is 93.1 Å². The number of nitriles is 1. The van der Waals surface area contributed by atoms with Crippen LogP contribution < -0.4 is 10.6 Å². The smallest absolute Gasteiger partial charge is 0.187 e. The number of ether oxygens (including phenoxy) is 1. The molecule has 15 heavy (non-hydrogen) atoms. The third-order valence-electron chi connectivity index (χ3n) is 1.84. The van der Waals surface area contributed by atoms with Gasteiger partial charge in [0.1, 0.15) is 5.00 Å². The lowest BCUT2D eigenvalue weighted by molar-refractivity contribution is 0.205. The number of aromatic nitrogens is 1. The van der Waals surface area contributed by atoms with Crippen molar-refractivity contribution in [3.63, 3.8) is 0 Å². The summed E-state index contributed by atoms with van der Waals surface area (Å²) in [5, 5.41) is 10.1. The molecule has 0 aliphatic heterocycles. The third-order valence-corrected chi connectivity index (χ3v) is 2.73. The summed E-state index contributed by atoms with van der Waals surface area (Å²) in [6.07, 6.45) is 2.11. The van der Waals surface area contributed by atoms with Gasteiger partial charge in [-0.25, -0.2) is 4.98 Å². The van der Waals surface area contributed by atoms with E-state index in [0.717, 1.165) is 11.7 Å². The first-order valence-electron chi connectivity index (χ1n) is 4.60. The van der Waals surface area contributed by atoms with Crippen LogP contribution in [0.4, 0.5) is 10.1 Å². The van der Waals surface area contributed by atoms with Crippen LogP contribution in [0.1, 0.15) is 6.42 Å². The van der Waals surface area contributed by atoms with Crippen LogP contribution in [0, 0.1) is 11.3 Å². The first-order chi connectivity index (χ1) is 7.27. The molecular formula is C9H14N4OS. The second-order valence-corrected chi connectivity index (χ2v) is 3.97. The molecule has 0 fully saturated rings. The summed E-state index contributed by atoms with van der Waals surface area (Å²) >= 11 is 1.42. The molecule has 0 unspecified atom stereocenters. The highest BCUT2D eigenvalue weighted by molar-refractivity contribution is 7.19. The van der Waals surface area contributed by atoms with Crippen molar-refractivity contribution in [2.24, 2.45) is 0 Å².